The molecule has 2 aromatic carbocycles. The summed E-state index contributed by atoms with van der Waals surface area (Å²) in [5.74, 6) is 0.649. The summed E-state index contributed by atoms with van der Waals surface area (Å²) in [6, 6.07) is 17.4. The molecule has 4 nitrogen and oxygen atoms in total. The molecule has 98 valence electrons. The van der Waals surface area contributed by atoms with Gasteiger partial charge >= 0.3 is 0 Å². The Labute approximate surface area is 116 Å². The third-order valence-electron chi connectivity index (χ3n) is 3.30. The molecule has 3 rings (SSSR count). The Hall–Kier alpha value is -2.64. The van der Waals surface area contributed by atoms with E-state index >= 15 is 0 Å². The number of hydrogen-bond donors (Lipinski definition) is 1. The van der Waals surface area contributed by atoms with Crippen molar-refractivity contribution in [2.45, 2.75) is 13.2 Å². The van der Waals surface area contributed by atoms with Crippen LogP contribution in [0.25, 0.3) is 11.0 Å². The van der Waals surface area contributed by atoms with Crippen LogP contribution in [-0.4, -0.2) is 14.7 Å². The highest BCUT2D eigenvalue weighted by Gasteiger charge is 2.09. The number of hydrogen-bond acceptors (Lipinski definition) is 3. The molecule has 3 aromatic rings. The molecule has 0 radical (unpaired) electrons. The van der Waals surface area contributed by atoms with Crippen LogP contribution in [0.3, 0.4) is 0 Å². The second-order valence-electron chi connectivity index (χ2n) is 4.57. The molecule has 0 spiro atoms. The van der Waals surface area contributed by atoms with E-state index in [1.807, 2.05) is 41.0 Å². The first kappa shape index (κ1) is 12.4. The van der Waals surface area contributed by atoms with E-state index in [4.69, 9.17) is 5.26 Å². The maximum absolute atomic E-state index is 9.45. The summed E-state index contributed by atoms with van der Waals surface area (Å²) in [6.45, 7) is 0.535. The summed E-state index contributed by atoms with van der Waals surface area (Å²) in [4.78, 5) is 4.42. The minimum absolute atomic E-state index is 0.0923. The van der Waals surface area contributed by atoms with E-state index in [9.17, 15) is 5.11 Å². The molecule has 0 amide bonds. The van der Waals surface area contributed by atoms with E-state index in [-0.39, 0.29) is 6.61 Å². The lowest BCUT2D eigenvalue weighted by Gasteiger charge is -2.08. The zero-order valence-electron chi connectivity index (χ0n) is 10.8. The fourth-order valence-electron chi connectivity index (χ4n) is 2.29. The van der Waals surface area contributed by atoms with E-state index in [1.165, 1.54) is 0 Å². The number of benzene rings is 2. The van der Waals surface area contributed by atoms with Crippen LogP contribution in [0.1, 0.15) is 17.0 Å². The van der Waals surface area contributed by atoms with Crippen molar-refractivity contribution < 1.29 is 5.11 Å². The predicted molar refractivity (Wildman–Crippen MR) is 75.9 cm³/mol. The highest BCUT2D eigenvalue weighted by atomic mass is 16.3. The first-order valence-corrected chi connectivity index (χ1v) is 6.36. The standard InChI is InChI=1S/C16H13N3O/c17-9-12-5-7-13(8-6-12)10-19-15-4-2-1-3-14(15)18-16(19)11-20/h1-8,20H,10-11H2. The van der Waals surface area contributed by atoms with Gasteiger partial charge in [0.15, 0.2) is 0 Å². The van der Waals surface area contributed by atoms with Crippen molar-refractivity contribution in [3.8, 4) is 6.07 Å². The average Bonchev–Trinajstić information content (AvgIpc) is 2.86. The van der Waals surface area contributed by atoms with Crippen LogP contribution in [0, 0.1) is 11.3 Å². The summed E-state index contributed by atoms with van der Waals surface area (Å²) >= 11 is 0. The molecular weight excluding hydrogens is 250 g/mol. The lowest BCUT2D eigenvalue weighted by Crippen LogP contribution is -2.05. The molecule has 1 heterocycles. The lowest BCUT2D eigenvalue weighted by atomic mass is 10.1. The first-order valence-electron chi connectivity index (χ1n) is 6.36. The van der Waals surface area contributed by atoms with Gasteiger partial charge in [-0.3, -0.25) is 0 Å². The quantitative estimate of drug-likeness (QED) is 0.789. The highest BCUT2D eigenvalue weighted by molar-refractivity contribution is 5.76. The van der Waals surface area contributed by atoms with Crippen LogP contribution in [0.15, 0.2) is 48.5 Å². The van der Waals surface area contributed by atoms with E-state index in [0.717, 1.165) is 16.6 Å². The van der Waals surface area contributed by atoms with Gasteiger partial charge in [0.2, 0.25) is 0 Å². The van der Waals surface area contributed by atoms with Crippen molar-refractivity contribution in [1.82, 2.24) is 9.55 Å². The van der Waals surface area contributed by atoms with Gasteiger partial charge in [0.25, 0.3) is 0 Å². The molecule has 0 saturated heterocycles. The number of nitrogens with zero attached hydrogens (tertiary/aromatic N) is 3. The molecule has 0 aliphatic carbocycles. The maximum atomic E-state index is 9.45. The second kappa shape index (κ2) is 5.16. The van der Waals surface area contributed by atoms with Crippen LogP contribution in [0.5, 0.6) is 0 Å². The van der Waals surface area contributed by atoms with E-state index in [1.54, 1.807) is 12.1 Å². The van der Waals surface area contributed by atoms with Crippen LogP contribution in [-0.2, 0) is 13.2 Å². The Bertz CT molecular complexity index is 782. The van der Waals surface area contributed by atoms with Crippen LogP contribution >= 0.6 is 0 Å². The second-order valence-corrected chi connectivity index (χ2v) is 4.57. The van der Waals surface area contributed by atoms with E-state index in [0.29, 0.717) is 17.9 Å². The molecule has 1 aromatic heterocycles. The Morgan fingerprint density at radius 1 is 1.10 bits per heavy atom. The summed E-state index contributed by atoms with van der Waals surface area (Å²) < 4.78 is 2.00. The minimum Gasteiger partial charge on any atom is -0.388 e. The number of para-hydroxylation sites is 2. The molecule has 0 saturated carbocycles. The monoisotopic (exact) mass is 263 g/mol. The minimum atomic E-state index is -0.0923. The third kappa shape index (κ3) is 2.15. The van der Waals surface area contributed by atoms with Crippen LogP contribution in [0.4, 0.5) is 0 Å². The zero-order valence-corrected chi connectivity index (χ0v) is 10.8. The average molecular weight is 263 g/mol. The van der Waals surface area contributed by atoms with Gasteiger partial charge in [-0.25, -0.2) is 4.98 Å². The topological polar surface area (TPSA) is 61.8 Å². The number of fused-ring (bicyclic) bond motifs is 1. The molecule has 0 atom stereocenters. The Morgan fingerprint density at radius 3 is 2.55 bits per heavy atom. The fourth-order valence-corrected chi connectivity index (χ4v) is 2.29. The number of aromatic nitrogens is 2. The molecule has 0 aliphatic rings. The van der Waals surface area contributed by atoms with E-state index < -0.39 is 0 Å². The summed E-state index contributed by atoms with van der Waals surface area (Å²) in [5, 5.41) is 18.3. The molecule has 0 aliphatic heterocycles. The maximum Gasteiger partial charge on any atom is 0.136 e. The van der Waals surface area contributed by atoms with Crippen molar-refractivity contribution in [2.24, 2.45) is 0 Å². The van der Waals surface area contributed by atoms with Crippen molar-refractivity contribution >= 4 is 11.0 Å². The van der Waals surface area contributed by atoms with Crippen LogP contribution in [0.2, 0.25) is 0 Å². The van der Waals surface area contributed by atoms with E-state index in [2.05, 4.69) is 11.1 Å². The summed E-state index contributed by atoms with van der Waals surface area (Å²) in [6.07, 6.45) is 0. The van der Waals surface area contributed by atoms with Gasteiger partial charge in [0.1, 0.15) is 12.4 Å². The van der Waals surface area contributed by atoms with Gasteiger partial charge in [-0.2, -0.15) is 5.26 Å². The van der Waals surface area contributed by atoms with Crippen molar-refractivity contribution in [3.05, 3.63) is 65.5 Å². The molecule has 0 fully saturated rings. The molecule has 0 unspecified atom stereocenters. The summed E-state index contributed by atoms with van der Waals surface area (Å²) in [5.41, 5.74) is 3.60. The molecule has 0 bridgehead atoms. The predicted octanol–water partition coefficient (Wildman–Crippen LogP) is 2.45. The van der Waals surface area contributed by atoms with Gasteiger partial charge in [0.05, 0.1) is 22.7 Å². The molecule has 4 heteroatoms. The number of nitriles is 1. The number of aliphatic hydroxyl groups excluding tert-OH is 1. The van der Waals surface area contributed by atoms with Gasteiger partial charge in [0, 0.05) is 6.54 Å². The Kier molecular flexibility index (Phi) is 3.20. The third-order valence-corrected chi connectivity index (χ3v) is 3.30. The normalized spacial score (nSPS) is 10.6. The van der Waals surface area contributed by atoms with Gasteiger partial charge < -0.3 is 9.67 Å². The van der Waals surface area contributed by atoms with Crippen molar-refractivity contribution in [1.29, 1.82) is 5.26 Å². The fraction of sp³-hybridized carbons (Fsp3) is 0.125. The smallest absolute Gasteiger partial charge is 0.136 e. The van der Waals surface area contributed by atoms with Gasteiger partial charge in [-0.15, -0.1) is 0 Å². The Morgan fingerprint density at radius 2 is 1.85 bits per heavy atom. The van der Waals surface area contributed by atoms with Crippen LogP contribution < -0.4 is 0 Å². The zero-order chi connectivity index (χ0) is 13.9. The first-order chi connectivity index (χ1) is 9.81. The Balaban J connectivity index is 2.02. The van der Waals surface area contributed by atoms with Gasteiger partial charge in [-0.05, 0) is 29.8 Å². The number of rotatable bonds is 3. The van der Waals surface area contributed by atoms with Crippen molar-refractivity contribution in [2.75, 3.05) is 0 Å². The number of aliphatic hydroxyl groups is 1. The SMILES string of the molecule is N#Cc1ccc(Cn2c(CO)nc3ccccc32)cc1. The lowest BCUT2D eigenvalue weighted by molar-refractivity contribution is 0.267. The largest absolute Gasteiger partial charge is 0.388 e. The molecule has 20 heavy (non-hydrogen) atoms. The number of imidazole rings is 1. The van der Waals surface area contributed by atoms with Gasteiger partial charge in [-0.1, -0.05) is 24.3 Å². The highest BCUT2D eigenvalue weighted by Crippen LogP contribution is 2.18. The summed E-state index contributed by atoms with van der Waals surface area (Å²) in [7, 11) is 0. The molecular formula is C16H13N3O. The van der Waals surface area contributed by atoms with Crippen molar-refractivity contribution in [3.63, 3.8) is 0 Å². The molecule has 1 N–H and O–H groups in total.